The van der Waals surface area contributed by atoms with Crippen molar-refractivity contribution in [3.63, 3.8) is 0 Å². The van der Waals surface area contributed by atoms with Gasteiger partial charge in [-0.05, 0) is 48.9 Å². The molecule has 0 atom stereocenters. The molecular formula is C22H17FO4S. The van der Waals surface area contributed by atoms with Crippen molar-refractivity contribution in [2.24, 2.45) is 0 Å². The maximum Gasteiger partial charge on any atom is 0.348 e. The van der Waals surface area contributed by atoms with Gasteiger partial charge < -0.3 is 9.47 Å². The van der Waals surface area contributed by atoms with Crippen LogP contribution in [0.4, 0.5) is 4.39 Å². The zero-order valence-corrected chi connectivity index (χ0v) is 15.8. The van der Waals surface area contributed by atoms with E-state index in [1.165, 1.54) is 35.6 Å². The number of carbonyl (C=O) groups excluding carboxylic acids is 2. The number of hydrogen-bond donors (Lipinski definition) is 0. The minimum atomic E-state index is -0.397. The lowest BCUT2D eigenvalue weighted by molar-refractivity contribution is 0.0499. The van der Waals surface area contributed by atoms with Gasteiger partial charge in [0, 0.05) is 28.0 Å². The van der Waals surface area contributed by atoms with Crippen molar-refractivity contribution in [3.8, 4) is 16.2 Å². The highest BCUT2D eigenvalue weighted by Crippen LogP contribution is 2.42. The number of benzene rings is 2. The van der Waals surface area contributed by atoms with E-state index < -0.39 is 5.97 Å². The molecule has 0 fully saturated rings. The summed E-state index contributed by atoms with van der Waals surface area (Å²) >= 11 is 1.39. The van der Waals surface area contributed by atoms with Crippen molar-refractivity contribution in [1.29, 1.82) is 0 Å². The van der Waals surface area contributed by atoms with E-state index in [1.807, 2.05) is 30.3 Å². The van der Waals surface area contributed by atoms with Crippen molar-refractivity contribution >= 4 is 23.1 Å². The number of ether oxygens (including phenoxy) is 2. The number of thiophene rings is 1. The zero-order valence-electron chi connectivity index (χ0n) is 14.9. The Kier molecular flexibility index (Phi) is 5.21. The van der Waals surface area contributed by atoms with E-state index in [0.717, 1.165) is 21.8 Å². The first kappa shape index (κ1) is 18.4. The summed E-state index contributed by atoms with van der Waals surface area (Å²) in [5, 5.41) is 0. The summed E-state index contributed by atoms with van der Waals surface area (Å²) in [6.45, 7) is 0.587. The van der Waals surface area contributed by atoms with Crippen molar-refractivity contribution in [2.75, 3.05) is 6.61 Å². The summed E-state index contributed by atoms with van der Waals surface area (Å²) in [5.74, 6) is -0.0595. The Bertz CT molecular complexity index is 1020. The molecule has 1 aliphatic rings. The lowest BCUT2D eigenvalue weighted by atomic mass is 10.1. The quantitative estimate of drug-likeness (QED) is 0.324. The lowest BCUT2D eigenvalue weighted by Gasteiger charge is -2.16. The molecule has 4 rings (SSSR count). The van der Waals surface area contributed by atoms with Crippen LogP contribution >= 0.6 is 11.3 Å². The number of halogens is 1. The third-order valence-electron chi connectivity index (χ3n) is 4.47. The molecule has 4 nitrogen and oxygen atoms in total. The monoisotopic (exact) mass is 396 g/mol. The van der Waals surface area contributed by atoms with Gasteiger partial charge in [0.2, 0.25) is 0 Å². The highest BCUT2D eigenvalue weighted by Gasteiger charge is 2.23. The third kappa shape index (κ3) is 3.82. The Morgan fingerprint density at radius 2 is 1.89 bits per heavy atom. The van der Waals surface area contributed by atoms with Crippen molar-refractivity contribution in [1.82, 2.24) is 0 Å². The normalized spacial score (nSPS) is 11.9. The summed E-state index contributed by atoms with van der Waals surface area (Å²) in [5.41, 5.74) is 2.41. The number of rotatable bonds is 6. The standard InChI is InChI=1S/C22H17FO4S/c23-16-9-7-14(8-10-16)18(24)5-3-11-26-22(25)20-12-15-13-27-19-6-2-1-4-17(19)21(15)28-20/h1-2,4,6-10,12H,3,5,11,13H2. The third-order valence-corrected chi connectivity index (χ3v) is 5.66. The molecule has 0 saturated carbocycles. The first-order chi connectivity index (χ1) is 13.6. The Labute approximate surface area is 165 Å². The van der Waals surface area contributed by atoms with Crippen molar-refractivity contribution < 1.29 is 23.5 Å². The molecule has 0 saturated heterocycles. The average Bonchev–Trinajstić information content (AvgIpc) is 3.16. The number of fused-ring (bicyclic) bond motifs is 3. The second-order valence-corrected chi connectivity index (χ2v) is 7.47. The van der Waals surface area contributed by atoms with Crippen LogP contribution in [-0.2, 0) is 11.3 Å². The molecule has 0 amide bonds. The molecule has 0 unspecified atom stereocenters. The second kappa shape index (κ2) is 7.94. The summed E-state index contributed by atoms with van der Waals surface area (Å²) < 4.78 is 23.9. The van der Waals surface area contributed by atoms with Crippen LogP contribution in [0, 0.1) is 5.82 Å². The van der Waals surface area contributed by atoms with Crippen molar-refractivity contribution in [3.05, 3.63) is 76.4 Å². The summed E-state index contributed by atoms with van der Waals surface area (Å²) in [6.07, 6.45) is 0.653. The molecule has 1 aromatic heterocycles. The van der Waals surface area contributed by atoms with Crippen LogP contribution in [0.15, 0.2) is 54.6 Å². The fourth-order valence-electron chi connectivity index (χ4n) is 3.05. The number of Topliss-reactive ketones (excluding diaryl/α,β-unsaturated/α-hetero) is 1. The van der Waals surface area contributed by atoms with Gasteiger partial charge in [-0.25, -0.2) is 9.18 Å². The van der Waals surface area contributed by atoms with Crippen LogP contribution in [0.1, 0.15) is 38.4 Å². The van der Waals surface area contributed by atoms with Gasteiger partial charge in [0.25, 0.3) is 0 Å². The first-order valence-corrected chi connectivity index (χ1v) is 9.74. The highest BCUT2D eigenvalue weighted by molar-refractivity contribution is 7.17. The summed E-state index contributed by atoms with van der Waals surface area (Å²) in [6, 6.07) is 15.0. The Morgan fingerprint density at radius 1 is 1.11 bits per heavy atom. The minimum Gasteiger partial charge on any atom is -0.488 e. The fourth-order valence-corrected chi connectivity index (χ4v) is 4.14. The van der Waals surface area contributed by atoms with E-state index >= 15 is 0 Å². The van der Waals surface area contributed by atoms with E-state index in [9.17, 15) is 14.0 Å². The van der Waals surface area contributed by atoms with E-state index in [0.29, 0.717) is 23.5 Å². The van der Waals surface area contributed by atoms with Gasteiger partial charge in [-0.3, -0.25) is 4.79 Å². The molecule has 3 aromatic rings. The van der Waals surface area contributed by atoms with Gasteiger partial charge in [0.15, 0.2) is 5.78 Å². The molecule has 0 bridgehead atoms. The number of carbonyl (C=O) groups is 2. The molecule has 0 N–H and O–H groups in total. The van der Waals surface area contributed by atoms with E-state index in [4.69, 9.17) is 9.47 Å². The number of para-hydroxylation sites is 1. The fraction of sp³-hybridized carbons (Fsp3) is 0.182. The lowest BCUT2D eigenvalue weighted by Crippen LogP contribution is -2.07. The molecule has 6 heteroatoms. The van der Waals surface area contributed by atoms with Gasteiger partial charge in [0.1, 0.15) is 23.1 Å². The summed E-state index contributed by atoms with van der Waals surface area (Å²) in [4.78, 5) is 25.9. The number of hydrogen-bond acceptors (Lipinski definition) is 5. The SMILES string of the molecule is O=C(CCCOC(=O)c1cc2c(s1)-c1ccccc1OC2)c1ccc(F)cc1. The van der Waals surface area contributed by atoms with Gasteiger partial charge in [-0.1, -0.05) is 12.1 Å². The summed E-state index contributed by atoms with van der Waals surface area (Å²) in [7, 11) is 0. The second-order valence-electron chi connectivity index (χ2n) is 6.42. The predicted molar refractivity (Wildman–Crippen MR) is 104 cm³/mol. The molecule has 0 spiro atoms. The van der Waals surface area contributed by atoms with Crippen LogP contribution in [-0.4, -0.2) is 18.4 Å². The van der Waals surface area contributed by atoms with Crippen LogP contribution < -0.4 is 4.74 Å². The number of ketones is 1. The molecule has 28 heavy (non-hydrogen) atoms. The average molecular weight is 396 g/mol. The van der Waals surface area contributed by atoms with Crippen LogP contribution in [0.3, 0.4) is 0 Å². The molecule has 0 aliphatic carbocycles. The largest absolute Gasteiger partial charge is 0.488 e. The van der Waals surface area contributed by atoms with E-state index in [-0.39, 0.29) is 24.6 Å². The van der Waals surface area contributed by atoms with Gasteiger partial charge >= 0.3 is 5.97 Å². The minimum absolute atomic E-state index is 0.101. The maximum absolute atomic E-state index is 12.9. The maximum atomic E-state index is 12.9. The van der Waals surface area contributed by atoms with Crippen molar-refractivity contribution in [2.45, 2.75) is 19.4 Å². The first-order valence-electron chi connectivity index (χ1n) is 8.92. The van der Waals surface area contributed by atoms with Crippen LogP contribution in [0.2, 0.25) is 0 Å². The van der Waals surface area contributed by atoms with Crippen LogP contribution in [0.5, 0.6) is 5.75 Å². The zero-order chi connectivity index (χ0) is 19.5. The smallest absolute Gasteiger partial charge is 0.348 e. The molecule has 2 aromatic carbocycles. The molecule has 1 aliphatic heterocycles. The Morgan fingerprint density at radius 3 is 2.71 bits per heavy atom. The highest BCUT2D eigenvalue weighted by atomic mass is 32.1. The Hall–Kier alpha value is -2.99. The molecule has 2 heterocycles. The van der Waals surface area contributed by atoms with Gasteiger partial charge in [-0.2, -0.15) is 0 Å². The predicted octanol–water partition coefficient (Wildman–Crippen LogP) is 5.27. The van der Waals surface area contributed by atoms with Gasteiger partial charge in [-0.15, -0.1) is 11.3 Å². The van der Waals surface area contributed by atoms with E-state index in [1.54, 1.807) is 0 Å². The van der Waals surface area contributed by atoms with Gasteiger partial charge in [0.05, 0.1) is 6.61 Å². The molecule has 0 radical (unpaired) electrons. The van der Waals surface area contributed by atoms with E-state index in [2.05, 4.69) is 0 Å². The van der Waals surface area contributed by atoms with Crippen LogP contribution in [0.25, 0.3) is 10.4 Å². The Balaban J connectivity index is 1.32. The number of esters is 1. The topological polar surface area (TPSA) is 52.6 Å². The molecule has 142 valence electrons. The molecular weight excluding hydrogens is 379 g/mol.